The number of hydrogen-bond donors (Lipinski definition) is 1. The van der Waals surface area contributed by atoms with E-state index >= 15 is 0 Å². The summed E-state index contributed by atoms with van der Waals surface area (Å²) < 4.78 is 0. The van der Waals surface area contributed by atoms with Gasteiger partial charge in [0.1, 0.15) is 0 Å². The summed E-state index contributed by atoms with van der Waals surface area (Å²) in [5.41, 5.74) is 3.57. The maximum absolute atomic E-state index is 12.0. The molecule has 142 valence electrons. The molecular weight excluding hydrogens is 338 g/mol. The van der Waals surface area contributed by atoms with Crippen LogP contribution in [0.15, 0.2) is 48.8 Å². The molecule has 0 spiro atoms. The number of benzene rings is 1. The van der Waals surface area contributed by atoms with Crippen LogP contribution in [0.4, 0.5) is 0 Å². The highest BCUT2D eigenvalue weighted by molar-refractivity contribution is 5.73. The van der Waals surface area contributed by atoms with E-state index in [2.05, 4.69) is 34.1 Å². The molecule has 2 saturated heterocycles. The van der Waals surface area contributed by atoms with Crippen LogP contribution in [-0.4, -0.2) is 64.1 Å². The SMILES string of the molecule is CC(=O)N1CCCCN2[C@H](C1)[C@H](c1ccc(-c3ccncc3)cc1)[C@@H]2CO. The summed E-state index contributed by atoms with van der Waals surface area (Å²) in [5.74, 6) is 0.414. The third-order valence-electron chi connectivity index (χ3n) is 6.12. The number of carbonyl (C=O) groups excluding carboxylic acids is 1. The van der Waals surface area contributed by atoms with Gasteiger partial charge >= 0.3 is 0 Å². The van der Waals surface area contributed by atoms with Gasteiger partial charge in [0.25, 0.3) is 0 Å². The number of amides is 1. The second-order valence-corrected chi connectivity index (χ2v) is 7.61. The van der Waals surface area contributed by atoms with Gasteiger partial charge in [0.05, 0.1) is 6.61 Å². The zero-order chi connectivity index (χ0) is 18.8. The van der Waals surface area contributed by atoms with Crippen LogP contribution >= 0.6 is 0 Å². The van der Waals surface area contributed by atoms with Crippen molar-refractivity contribution in [3.63, 3.8) is 0 Å². The smallest absolute Gasteiger partial charge is 0.219 e. The van der Waals surface area contributed by atoms with Gasteiger partial charge in [-0.05, 0) is 48.2 Å². The molecule has 0 bridgehead atoms. The molecule has 3 atom stereocenters. The fourth-order valence-electron chi connectivity index (χ4n) is 4.67. The summed E-state index contributed by atoms with van der Waals surface area (Å²) in [6.45, 7) is 4.42. The summed E-state index contributed by atoms with van der Waals surface area (Å²) >= 11 is 0. The molecule has 2 fully saturated rings. The molecule has 4 rings (SSSR count). The minimum atomic E-state index is 0.147. The van der Waals surface area contributed by atoms with Crippen molar-refractivity contribution < 1.29 is 9.90 Å². The molecule has 5 heteroatoms. The van der Waals surface area contributed by atoms with E-state index in [0.717, 1.165) is 38.0 Å². The van der Waals surface area contributed by atoms with Crippen molar-refractivity contribution in [2.24, 2.45) is 0 Å². The summed E-state index contributed by atoms with van der Waals surface area (Å²) in [4.78, 5) is 20.4. The number of rotatable bonds is 3. The van der Waals surface area contributed by atoms with Crippen molar-refractivity contribution in [2.45, 2.75) is 37.8 Å². The van der Waals surface area contributed by atoms with Crippen molar-refractivity contribution in [3.05, 3.63) is 54.4 Å². The molecule has 27 heavy (non-hydrogen) atoms. The Morgan fingerprint density at radius 2 is 1.74 bits per heavy atom. The Bertz CT molecular complexity index is 778. The van der Waals surface area contributed by atoms with E-state index in [0.29, 0.717) is 0 Å². The van der Waals surface area contributed by atoms with Crippen molar-refractivity contribution in [1.29, 1.82) is 0 Å². The normalized spacial score (nSPS) is 25.9. The molecule has 1 amide bonds. The standard InChI is InChI=1S/C22H27N3O2/c1-16(27)24-12-2-3-13-25-20(14-24)22(21(25)15-26)19-6-4-17(5-7-19)18-8-10-23-11-9-18/h4-11,20-22,26H,2-3,12-15H2,1H3/t20-,21+,22+/m1/s1. The number of fused-ring (bicyclic) bond motifs is 1. The number of carbonyl (C=O) groups is 1. The lowest BCUT2D eigenvalue weighted by atomic mass is 9.74. The third kappa shape index (κ3) is 3.49. The van der Waals surface area contributed by atoms with Crippen LogP contribution < -0.4 is 0 Å². The molecule has 1 aromatic carbocycles. The Morgan fingerprint density at radius 1 is 1.07 bits per heavy atom. The van der Waals surface area contributed by atoms with Gasteiger partial charge in [0.2, 0.25) is 5.91 Å². The van der Waals surface area contributed by atoms with Gasteiger partial charge in [0.15, 0.2) is 0 Å². The quantitative estimate of drug-likeness (QED) is 0.908. The number of pyridine rings is 1. The number of aliphatic hydroxyl groups is 1. The van der Waals surface area contributed by atoms with Gasteiger partial charge < -0.3 is 10.0 Å². The largest absolute Gasteiger partial charge is 0.395 e. The molecule has 0 saturated carbocycles. The first-order chi connectivity index (χ1) is 13.2. The van der Waals surface area contributed by atoms with E-state index in [4.69, 9.17) is 0 Å². The molecule has 0 radical (unpaired) electrons. The van der Waals surface area contributed by atoms with Crippen molar-refractivity contribution in [3.8, 4) is 11.1 Å². The minimum Gasteiger partial charge on any atom is -0.395 e. The van der Waals surface area contributed by atoms with Crippen LogP contribution in [0.25, 0.3) is 11.1 Å². The molecule has 2 aliphatic heterocycles. The Labute approximate surface area is 160 Å². The topological polar surface area (TPSA) is 56.7 Å². The van der Waals surface area contributed by atoms with E-state index in [1.807, 2.05) is 17.0 Å². The molecule has 3 heterocycles. The average molecular weight is 365 g/mol. The van der Waals surface area contributed by atoms with Crippen LogP contribution in [0, 0.1) is 0 Å². The van der Waals surface area contributed by atoms with Gasteiger partial charge in [-0.15, -0.1) is 0 Å². The van der Waals surface area contributed by atoms with Crippen LogP contribution in [0.3, 0.4) is 0 Å². The average Bonchev–Trinajstić information content (AvgIpc) is 2.67. The van der Waals surface area contributed by atoms with E-state index in [-0.39, 0.29) is 30.5 Å². The Balaban J connectivity index is 1.58. The molecule has 2 aromatic rings. The maximum Gasteiger partial charge on any atom is 0.219 e. The molecule has 0 aliphatic carbocycles. The molecule has 5 nitrogen and oxygen atoms in total. The number of hydrogen-bond acceptors (Lipinski definition) is 4. The molecular formula is C22H27N3O2. The highest BCUT2D eigenvalue weighted by Gasteiger charge is 2.49. The second-order valence-electron chi connectivity index (χ2n) is 7.61. The summed E-state index contributed by atoms with van der Waals surface area (Å²) in [5, 5.41) is 10.00. The van der Waals surface area contributed by atoms with Gasteiger partial charge in [0, 0.05) is 50.4 Å². The first-order valence-corrected chi connectivity index (χ1v) is 9.81. The van der Waals surface area contributed by atoms with Gasteiger partial charge in [-0.3, -0.25) is 14.7 Å². The highest BCUT2D eigenvalue weighted by atomic mass is 16.3. The summed E-state index contributed by atoms with van der Waals surface area (Å²) in [7, 11) is 0. The zero-order valence-corrected chi connectivity index (χ0v) is 15.8. The van der Waals surface area contributed by atoms with Crippen LogP contribution in [0.1, 0.15) is 31.2 Å². The van der Waals surface area contributed by atoms with E-state index in [1.54, 1.807) is 19.3 Å². The lowest BCUT2D eigenvalue weighted by molar-refractivity contribution is -0.134. The van der Waals surface area contributed by atoms with Crippen LogP contribution in [0.5, 0.6) is 0 Å². The molecule has 2 aliphatic rings. The molecule has 1 N–H and O–H groups in total. The third-order valence-corrected chi connectivity index (χ3v) is 6.12. The lowest BCUT2D eigenvalue weighted by Crippen LogP contribution is -2.67. The van der Waals surface area contributed by atoms with Gasteiger partial charge in [-0.25, -0.2) is 0 Å². The Morgan fingerprint density at radius 3 is 2.41 bits per heavy atom. The fraction of sp³-hybridized carbons (Fsp3) is 0.455. The van der Waals surface area contributed by atoms with E-state index in [1.165, 1.54) is 11.1 Å². The van der Waals surface area contributed by atoms with Crippen molar-refractivity contribution >= 4 is 5.91 Å². The summed E-state index contributed by atoms with van der Waals surface area (Å²) in [6, 6.07) is 13.1. The maximum atomic E-state index is 12.0. The zero-order valence-electron chi connectivity index (χ0n) is 15.8. The van der Waals surface area contributed by atoms with Gasteiger partial charge in [-0.2, -0.15) is 0 Å². The van der Waals surface area contributed by atoms with Gasteiger partial charge in [-0.1, -0.05) is 24.3 Å². The Kier molecular flexibility index (Phi) is 5.23. The number of aliphatic hydroxyl groups excluding tert-OH is 1. The van der Waals surface area contributed by atoms with Crippen LogP contribution in [-0.2, 0) is 4.79 Å². The number of nitrogens with zero attached hydrogens (tertiary/aromatic N) is 3. The van der Waals surface area contributed by atoms with E-state index < -0.39 is 0 Å². The predicted octanol–water partition coefficient (Wildman–Crippen LogP) is 2.52. The molecule has 0 unspecified atom stereocenters. The van der Waals surface area contributed by atoms with Crippen molar-refractivity contribution in [2.75, 3.05) is 26.2 Å². The highest BCUT2D eigenvalue weighted by Crippen LogP contribution is 2.42. The van der Waals surface area contributed by atoms with Crippen molar-refractivity contribution in [1.82, 2.24) is 14.8 Å². The predicted molar refractivity (Wildman–Crippen MR) is 105 cm³/mol. The first-order valence-electron chi connectivity index (χ1n) is 9.81. The minimum absolute atomic E-state index is 0.147. The lowest BCUT2D eigenvalue weighted by Gasteiger charge is -2.57. The summed E-state index contributed by atoms with van der Waals surface area (Å²) in [6.07, 6.45) is 5.72. The first kappa shape index (κ1) is 18.1. The Hall–Kier alpha value is -2.24. The second kappa shape index (κ2) is 7.79. The monoisotopic (exact) mass is 365 g/mol. The van der Waals surface area contributed by atoms with Crippen LogP contribution in [0.2, 0.25) is 0 Å². The fourth-order valence-corrected chi connectivity index (χ4v) is 4.67. The van der Waals surface area contributed by atoms with E-state index in [9.17, 15) is 9.90 Å². The molecule has 1 aromatic heterocycles. The number of aromatic nitrogens is 1.